The van der Waals surface area contributed by atoms with Crippen molar-refractivity contribution in [2.45, 2.75) is 32.1 Å². The number of rotatable bonds is 4. The number of carbonyl (C=O) groups excluding carboxylic acids is 1. The minimum atomic E-state index is -5.08. The van der Waals surface area contributed by atoms with Gasteiger partial charge in [-0.1, -0.05) is 0 Å². The quantitative estimate of drug-likeness (QED) is 0.729. The van der Waals surface area contributed by atoms with Crippen molar-refractivity contribution >= 4 is 17.7 Å². The molecule has 2 aromatic heterocycles. The number of carbonyl (C=O) groups is 2. The molecule has 31 heavy (non-hydrogen) atoms. The molecule has 168 valence electrons. The summed E-state index contributed by atoms with van der Waals surface area (Å²) in [5, 5.41) is 10.4. The molecule has 2 aromatic rings. The van der Waals surface area contributed by atoms with Crippen LogP contribution in [0.15, 0.2) is 30.9 Å². The van der Waals surface area contributed by atoms with Crippen molar-refractivity contribution in [3.05, 3.63) is 42.4 Å². The Labute approximate surface area is 175 Å². The zero-order valence-electron chi connectivity index (χ0n) is 16.7. The smallest absolute Gasteiger partial charge is 0.475 e. The number of carboxylic acids is 1. The fourth-order valence-electron chi connectivity index (χ4n) is 2.53. The third-order valence-corrected chi connectivity index (χ3v) is 3.82. The lowest BCUT2D eigenvalue weighted by Crippen LogP contribution is -2.44. The second-order valence-corrected chi connectivity index (χ2v) is 6.58. The van der Waals surface area contributed by atoms with Crippen LogP contribution in [0.1, 0.15) is 36.2 Å². The van der Waals surface area contributed by atoms with E-state index < -0.39 is 12.1 Å². The zero-order valence-corrected chi connectivity index (χ0v) is 16.7. The Morgan fingerprint density at radius 1 is 1.26 bits per heavy atom. The number of aromatic nitrogens is 4. The number of aliphatic carboxylic acids is 1. The summed E-state index contributed by atoms with van der Waals surface area (Å²) in [6.45, 7) is 5.37. The fraction of sp³-hybridized carbons (Fsp3) is 0.444. The molecule has 0 radical (unpaired) electrons. The number of carboxylic acid groups (broad SMARTS) is 1. The predicted octanol–water partition coefficient (Wildman–Crippen LogP) is 1.93. The van der Waals surface area contributed by atoms with Crippen molar-refractivity contribution in [1.82, 2.24) is 24.8 Å². The Hall–Kier alpha value is -3.35. The highest BCUT2D eigenvalue weighted by Crippen LogP contribution is 2.23. The fourth-order valence-corrected chi connectivity index (χ4v) is 2.53. The van der Waals surface area contributed by atoms with Gasteiger partial charge in [-0.25, -0.2) is 19.7 Å². The van der Waals surface area contributed by atoms with Gasteiger partial charge >= 0.3 is 12.1 Å². The number of ether oxygens (including phenoxy) is 1. The van der Waals surface area contributed by atoms with E-state index >= 15 is 0 Å². The van der Waals surface area contributed by atoms with E-state index in [1.807, 2.05) is 19.9 Å². The normalized spacial score (nSPS) is 16.3. The standard InChI is InChI=1S/C16H20N6O2.C2HF3O2/c1-11(2)20-14-3-4-19-15(21-14)13-10-24-8-7-22(13)16(23)12-9-17-5-6-18-12;3-2(4,5)1(6)7/h3-6,9,11,13H,7-8,10H2,1-2H3,(H,19,20,21);(H,6,7). The number of morpholine rings is 1. The number of hydrogen-bond donors (Lipinski definition) is 2. The number of anilines is 1. The van der Waals surface area contributed by atoms with Crippen LogP contribution in [0.2, 0.25) is 0 Å². The van der Waals surface area contributed by atoms with Gasteiger partial charge < -0.3 is 20.1 Å². The maximum Gasteiger partial charge on any atom is 0.490 e. The van der Waals surface area contributed by atoms with Gasteiger partial charge in [0.1, 0.15) is 17.6 Å². The first kappa shape index (κ1) is 23.9. The van der Waals surface area contributed by atoms with E-state index in [0.717, 1.165) is 5.82 Å². The summed E-state index contributed by atoms with van der Waals surface area (Å²) in [6, 6.07) is 1.72. The van der Waals surface area contributed by atoms with E-state index in [2.05, 4.69) is 25.3 Å². The number of nitrogens with zero attached hydrogens (tertiary/aromatic N) is 5. The van der Waals surface area contributed by atoms with E-state index in [1.165, 1.54) is 18.6 Å². The van der Waals surface area contributed by atoms with Crippen molar-refractivity contribution in [2.75, 3.05) is 25.1 Å². The molecule has 0 aliphatic carbocycles. The Bertz CT molecular complexity index is 882. The summed E-state index contributed by atoms with van der Waals surface area (Å²) in [7, 11) is 0. The van der Waals surface area contributed by atoms with Crippen molar-refractivity contribution in [3.63, 3.8) is 0 Å². The molecule has 3 rings (SSSR count). The monoisotopic (exact) mass is 442 g/mol. The molecule has 1 fully saturated rings. The molecule has 3 heterocycles. The maximum absolute atomic E-state index is 12.7. The topological polar surface area (TPSA) is 130 Å². The summed E-state index contributed by atoms with van der Waals surface area (Å²) in [5.41, 5.74) is 0.306. The second-order valence-electron chi connectivity index (χ2n) is 6.58. The first-order valence-corrected chi connectivity index (χ1v) is 9.14. The third kappa shape index (κ3) is 7.13. The van der Waals surface area contributed by atoms with E-state index in [0.29, 0.717) is 31.3 Å². The van der Waals surface area contributed by atoms with E-state index in [9.17, 15) is 18.0 Å². The van der Waals surface area contributed by atoms with Crippen molar-refractivity contribution < 1.29 is 32.6 Å². The summed E-state index contributed by atoms with van der Waals surface area (Å²) >= 11 is 0. The molecule has 0 bridgehead atoms. The van der Waals surface area contributed by atoms with Crippen LogP contribution in [0, 0.1) is 0 Å². The molecule has 2 N–H and O–H groups in total. The van der Waals surface area contributed by atoms with E-state index in [-0.39, 0.29) is 18.0 Å². The lowest BCUT2D eigenvalue weighted by atomic mass is 10.2. The van der Waals surface area contributed by atoms with Gasteiger partial charge in [-0.15, -0.1) is 0 Å². The van der Waals surface area contributed by atoms with Gasteiger partial charge in [0, 0.05) is 31.2 Å². The largest absolute Gasteiger partial charge is 0.490 e. The van der Waals surface area contributed by atoms with Crippen LogP contribution in [0.3, 0.4) is 0 Å². The molecular formula is C18H21F3N6O4. The van der Waals surface area contributed by atoms with Gasteiger partial charge in [-0.2, -0.15) is 13.2 Å². The first-order valence-electron chi connectivity index (χ1n) is 9.14. The van der Waals surface area contributed by atoms with Crippen molar-refractivity contribution in [2.24, 2.45) is 0 Å². The van der Waals surface area contributed by atoms with E-state index in [4.69, 9.17) is 14.6 Å². The Balaban J connectivity index is 0.000000423. The average molecular weight is 442 g/mol. The lowest BCUT2D eigenvalue weighted by molar-refractivity contribution is -0.192. The van der Waals surface area contributed by atoms with Gasteiger partial charge in [0.2, 0.25) is 0 Å². The molecule has 1 aliphatic rings. The Morgan fingerprint density at radius 3 is 2.55 bits per heavy atom. The van der Waals surface area contributed by atoms with E-state index in [1.54, 1.807) is 11.1 Å². The van der Waals surface area contributed by atoms with Gasteiger partial charge in [-0.3, -0.25) is 9.78 Å². The summed E-state index contributed by atoms with van der Waals surface area (Å²) in [4.78, 5) is 40.3. The van der Waals surface area contributed by atoms with Crippen molar-refractivity contribution in [3.8, 4) is 0 Å². The molecule has 0 spiro atoms. The highest BCUT2D eigenvalue weighted by atomic mass is 19.4. The molecule has 1 aliphatic heterocycles. The first-order chi connectivity index (χ1) is 14.6. The molecule has 10 nitrogen and oxygen atoms in total. The van der Waals surface area contributed by atoms with Gasteiger partial charge in [0.25, 0.3) is 5.91 Å². The molecule has 0 saturated carbocycles. The Kier molecular flexibility index (Phi) is 8.19. The van der Waals surface area contributed by atoms with Gasteiger partial charge in [0.15, 0.2) is 5.82 Å². The highest BCUT2D eigenvalue weighted by molar-refractivity contribution is 5.92. The number of nitrogens with one attached hydrogen (secondary N) is 1. The van der Waals surface area contributed by atoms with Crippen LogP contribution in [0.4, 0.5) is 19.0 Å². The summed E-state index contributed by atoms with van der Waals surface area (Å²) in [5.74, 6) is -1.67. The molecule has 1 atom stereocenters. The van der Waals surface area contributed by atoms with Crippen molar-refractivity contribution in [1.29, 1.82) is 0 Å². The predicted molar refractivity (Wildman–Crippen MR) is 101 cm³/mol. The molecule has 1 saturated heterocycles. The number of alkyl halides is 3. The number of amides is 1. The van der Waals surface area contributed by atoms with Crippen LogP contribution in [0.5, 0.6) is 0 Å². The van der Waals surface area contributed by atoms with Gasteiger partial charge in [-0.05, 0) is 19.9 Å². The molecule has 1 unspecified atom stereocenters. The van der Waals surface area contributed by atoms with Crippen LogP contribution in [-0.4, -0.2) is 73.8 Å². The number of halogens is 3. The average Bonchev–Trinajstić information content (AvgIpc) is 2.73. The summed E-state index contributed by atoms with van der Waals surface area (Å²) < 4.78 is 37.3. The van der Waals surface area contributed by atoms with Crippen LogP contribution in [0.25, 0.3) is 0 Å². The lowest BCUT2D eigenvalue weighted by Gasteiger charge is -2.34. The molecule has 13 heteroatoms. The highest BCUT2D eigenvalue weighted by Gasteiger charge is 2.38. The minimum absolute atomic E-state index is 0.192. The molecule has 1 amide bonds. The third-order valence-electron chi connectivity index (χ3n) is 3.82. The van der Waals surface area contributed by atoms with Gasteiger partial charge in [0.05, 0.1) is 19.4 Å². The zero-order chi connectivity index (χ0) is 23.0. The second kappa shape index (κ2) is 10.6. The van der Waals surface area contributed by atoms with Crippen LogP contribution in [-0.2, 0) is 9.53 Å². The maximum atomic E-state index is 12.7. The summed E-state index contributed by atoms with van der Waals surface area (Å²) in [6.07, 6.45) is 1.11. The molecule has 0 aromatic carbocycles. The molecular weight excluding hydrogens is 421 g/mol. The SMILES string of the molecule is CC(C)Nc1ccnc(C2COCCN2C(=O)c2cnccn2)n1.O=C(O)C(F)(F)F. The van der Waals surface area contributed by atoms with Crippen LogP contribution >= 0.6 is 0 Å². The number of hydrogen-bond acceptors (Lipinski definition) is 8. The Morgan fingerprint density at radius 2 is 1.97 bits per heavy atom. The minimum Gasteiger partial charge on any atom is -0.475 e. The van der Waals surface area contributed by atoms with Crippen LogP contribution < -0.4 is 5.32 Å².